The number of aliphatic carboxylic acids is 1. The van der Waals surface area contributed by atoms with E-state index in [-0.39, 0.29) is 11.1 Å². The van der Waals surface area contributed by atoms with E-state index in [0.29, 0.717) is 25.7 Å². The van der Waals surface area contributed by atoms with Crippen molar-refractivity contribution in [3.05, 3.63) is 68.5 Å². The van der Waals surface area contributed by atoms with E-state index in [0.717, 1.165) is 38.5 Å². The van der Waals surface area contributed by atoms with Gasteiger partial charge in [-0.25, -0.2) is 9.59 Å². The summed E-state index contributed by atoms with van der Waals surface area (Å²) in [6.45, 7) is 0. The number of carbonyl (C=O) groups is 4. The smallest absolute Gasteiger partial charge is 0.331 e. The number of H-pyrrole nitrogens is 2. The Morgan fingerprint density at radius 2 is 1.15 bits per heavy atom. The number of carbonyl (C=O) groups excluding carboxylic acids is 3. The molecule has 0 radical (unpaired) electrons. The maximum absolute atomic E-state index is 12.2. The molecule has 0 atom stereocenters. The number of ether oxygens (including phenoxy) is 1. The first-order valence-electron chi connectivity index (χ1n) is 13.0. The van der Waals surface area contributed by atoms with Crippen molar-refractivity contribution in [2.45, 2.75) is 75.3 Å². The number of amides is 2. The third-order valence-electron chi connectivity index (χ3n) is 7.23. The number of hydrogen-bond donors (Lipinski definition) is 5. The van der Waals surface area contributed by atoms with E-state index in [4.69, 9.17) is 4.74 Å². The number of carboxylic acids is 1. The standard InChI is InChI=1S/C14H18N2O4.C13H16N2O4/c1-20-13(19)14(7-3-2-4-8-14)16-12(18)10-6-5-9-15-11(10)17;16-10-9(5-4-8-14-10)11(17)15-13(12(18)19)6-2-1-3-7-13/h5-6,9H,2-4,7-8H2,1H3,(H,15,17)(H,16,18);4-5,8H,1-3,6-7H2,(H,14,16)(H,15,17)(H,18,19). The molecular weight excluding hydrogens is 508 g/mol. The van der Waals surface area contributed by atoms with Crippen LogP contribution in [0.4, 0.5) is 0 Å². The maximum atomic E-state index is 12.2. The molecule has 0 unspecified atom stereocenters. The summed E-state index contributed by atoms with van der Waals surface area (Å²) in [5, 5.41) is 14.6. The molecule has 0 spiro atoms. The van der Waals surface area contributed by atoms with Gasteiger partial charge in [-0.15, -0.1) is 0 Å². The van der Waals surface area contributed by atoms with Crippen LogP contribution < -0.4 is 21.8 Å². The highest BCUT2D eigenvalue weighted by atomic mass is 16.5. The van der Waals surface area contributed by atoms with Crippen LogP contribution in [0.2, 0.25) is 0 Å². The van der Waals surface area contributed by atoms with Crippen LogP contribution in [0.5, 0.6) is 0 Å². The average Bonchev–Trinajstić information content (AvgIpc) is 2.94. The monoisotopic (exact) mass is 542 g/mol. The molecule has 2 heterocycles. The third-order valence-corrected chi connectivity index (χ3v) is 7.23. The van der Waals surface area contributed by atoms with Crippen molar-refractivity contribution in [2.75, 3.05) is 7.11 Å². The molecule has 0 aliphatic heterocycles. The number of nitrogens with one attached hydrogen (secondary N) is 4. The van der Waals surface area contributed by atoms with Crippen molar-refractivity contribution in [3.8, 4) is 0 Å². The quantitative estimate of drug-likeness (QED) is 0.342. The lowest BCUT2D eigenvalue weighted by atomic mass is 9.81. The number of esters is 1. The van der Waals surface area contributed by atoms with Gasteiger partial charge < -0.3 is 30.4 Å². The van der Waals surface area contributed by atoms with Gasteiger partial charge in [0.2, 0.25) is 0 Å². The van der Waals surface area contributed by atoms with Crippen LogP contribution in [0.3, 0.4) is 0 Å². The lowest BCUT2D eigenvalue weighted by molar-refractivity contribution is -0.149. The summed E-state index contributed by atoms with van der Waals surface area (Å²) >= 11 is 0. The van der Waals surface area contributed by atoms with Gasteiger partial charge in [-0.1, -0.05) is 38.5 Å². The van der Waals surface area contributed by atoms with Gasteiger partial charge in [-0.3, -0.25) is 19.2 Å². The molecular formula is C27H34N4O8. The Hall–Kier alpha value is -4.22. The number of carboxylic acid groups (broad SMARTS) is 1. The van der Waals surface area contributed by atoms with E-state index in [1.54, 1.807) is 6.07 Å². The van der Waals surface area contributed by atoms with Crippen molar-refractivity contribution < 1.29 is 29.0 Å². The second-order valence-electron chi connectivity index (χ2n) is 9.82. The van der Waals surface area contributed by atoms with Gasteiger partial charge >= 0.3 is 11.9 Å². The van der Waals surface area contributed by atoms with Crippen LogP contribution in [0.25, 0.3) is 0 Å². The first kappa shape index (κ1) is 29.3. The minimum Gasteiger partial charge on any atom is -0.480 e. The highest BCUT2D eigenvalue weighted by Crippen LogP contribution is 2.30. The zero-order valence-corrected chi connectivity index (χ0v) is 21.8. The minimum atomic E-state index is -1.24. The average molecular weight is 543 g/mol. The highest BCUT2D eigenvalue weighted by Gasteiger charge is 2.43. The number of aromatic amines is 2. The zero-order chi connectivity index (χ0) is 28.5. The first-order valence-corrected chi connectivity index (χ1v) is 13.0. The van der Waals surface area contributed by atoms with Crippen molar-refractivity contribution in [3.63, 3.8) is 0 Å². The fraction of sp³-hybridized carbons (Fsp3) is 0.481. The van der Waals surface area contributed by atoms with E-state index < -0.39 is 45.9 Å². The van der Waals surface area contributed by atoms with Crippen molar-refractivity contribution >= 4 is 23.8 Å². The van der Waals surface area contributed by atoms with Gasteiger partial charge in [-0.05, 0) is 49.9 Å². The van der Waals surface area contributed by atoms with Crippen molar-refractivity contribution in [1.82, 2.24) is 20.6 Å². The Labute approximate surface area is 224 Å². The molecule has 5 N–H and O–H groups in total. The van der Waals surface area contributed by atoms with E-state index in [9.17, 15) is 33.9 Å². The molecule has 0 saturated heterocycles. The SMILES string of the molecule is COC(=O)C1(NC(=O)c2ccc[nH]c2=O)CCCCC1.O=C(NC1(C(=O)O)CCCCC1)c1ccc[nH]c1=O. The first-order chi connectivity index (χ1) is 18.6. The predicted molar refractivity (Wildman–Crippen MR) is 140 cm³/mol. The lowest BCUT2D eigenvalue weighted by Crippen LogP contribution is -2.56. The Balaban J connectivity index is 0.000000216. The predicted octanol–water partition coefficient (Wildman–Crippen LogP) is 1.87. The maximum Gasteiger partial charge on any atom is 0.331 e. The van der Waals surface area contributed by atoms with Crippen LogP contribution in [-0.4, -0.2) is 57.0 Å². The second kappa shape index (κ2) is 13.0. The van der Waals surface area contributed by atoms with Gasteiger partial charge in [0.05, 0.1) is 7.11 Å². The summed E-state index contributed by atoms with van der Waals surface area (Å²) in [4.78, 5) is 75.7. The summed E-state index contributed by atoms with van der Waals surface area (Å²) < 4.78 is 4.82. The normalized spacial score (nSPS) is 17.5. The fourth-order valence-electron chi connectivity index (χ4n) is 5.05. The minimum absolute atomic E-state index is 0.00125. The Kier molecular flexibility index (Phi) is 9.80. The fourth-order valence-corrected chi connectivity index (χ4v) is 5.05. The number of pyridine rings is 2. The van der Waals surface area contributed by atoms with Crippen molar-refractivity contribution in [1.29, 1.82) is 0 Å². The summed E-state index contributed by atoms with van der Waals surface area (Å²) in [5.74, 6) is -2.66. The van der Waals surface area contributed by atoms with E-state index >= 15 is 0 Å². The highest BCUT2D eigenvalue weighted by molar-refractivity contribution is 5.98. The summed E-state index contributed by atoms with van der Waals surface area (Å²) in [5.41, 5.74) is -3.29. The molecule has 2 aliphatic rings. The van der Waals surface area contributed by atoms with E-state index in [1.807, 2.05) is 0 Å². The molecule has 12 heteroatoms. The third kappa shape index (κ3) is 7.01. The molecule has 12 nitrogen and oxygen atoms in total. The summed E-state index contributed by atoms with van der Waals surface area (Å²) in [6, 6.07) is 5.92. The molecule has 2 amide bonds. The summed E-state index contributed by atoms with van der Waals surface area (Å²) in [6.07, 6.45) is 9.97. The second-order valence-corrected chi connectivity index (χ2v) is 9.82. The number of rotatable bonds is 6. The summed E-state index contributed by atoms with van der Waals surface area (Å²) in [7, 11) is 1.31. The molecule has 39 heavy (non-hydrogen) atoms. The number of aromatic nitrogens is 2. The Morgan fingerprint density at radius 1 is 0.744 bits per heavy atom. The van der Waals surface area contributed by atoms with E-state index in [1.165, 1.54) is 37.7 Å². The van der Waals surface area contributed by atoms with Crippen LogP contribution in [0, 0.1) is 0 Å². The van der Waals surface area contributed by atoms with Crippen LogP contribution in [-0.2, 0) is 14.3 Å². The van der Waals surface area contributed by atoms with Crippen molar-refractivity contribution in [2.24, 2.45) is 0 Å². The Morgan fingerprint density at radius 3 is 1.54 bits per heavy atom. The van der Waals surface area contributed by atoms with Crippen LogP contribution >= 0.6 is 0 Å². The van der Waals surface area contributed by atoms with Gasteiger partial charge in [0.25, 0.3) is 22.9 Å². The molecule has 2 aromatic rings. The lowest BCUT2D eigenvalue weighted by Gasteiger charge is -2.35. The van der Waals surface area contributed by atoms with Gasteiger partial charge in [0, 0.05) is 12.4 Å². The topological polar surface area (TPSA) is 188 Å². The molecule has 210 valence electrons. The van der Waals surface area contributed by atoms with E-state index in [2.05, 4.69) is 20.6 Å². The molecule has 4 rings (SSSR count). The molecule has 2 aliphatic carbocycles. The van der Waals surface area contributed by atoms with Crippen LogP contribution in [0.1, 0.15) is 84.9 Å². The van der Waals surface area contributed by atoms with Gasteiger partial charge in [0.15, 0.2) is 0 Å². The molecule has 0 bridgehead atoms. The molecule has 2 fully saturated rings. The van der Waals surface area contributed by atoms with Gasteiger partial charge in [0.1, 0.15) is 22.2 Å². The van der Waals surface area contributed by atoms with Crippen LogP contribution in [0.15, 0.2) is 46.2 Å². The van der Waals surface area contributed by atoms with Gasteiger partial charge in [-0.2, -0.15) is 0 Å². The molecule has 2 aromatic heterocycles. The number of hydrogen-bond acceptors (Lipinski definition) is 7. The molecule has 2 saturated carbocycles. The largest absolute Gasteiger partial charge is 0.480 e. The molecule has 0 aromatic carbocycles. The Bertz CT molecular complexity index is 1300. The number of methoxy groups -OCH3 is 1. The zero-order valence-electron chi connectivity index (χ0n) is 21.8.